The number of nitrogens with zero attached hydrogens (tertiary/aromatic N) is 4. The van der Waals surface area contributed by atoms with E-state index in [0.717, 1.165) is 106 Å². The van der Waals surface area contributed by atoms with E-state index in [4.69, 9.17) is 11.6 Å². The first kappa shape index (κ1) is 39.1. The van der Waals surface area contributed by atoms with E-state index in [2.05, 4.69) is 69.7 Å². The third-order valence-electron chi connectivity index (χ3n) is 12.8. The van der Waals surface area contributed by atoms with Crippen molar-refractivity contribution in [1.29, 1.82) is 0 Å². The minimum atomic E-state index is -0.0563. The zero-order chi connectivity index (χ0) is 38.5. The highest BCUT2D eigenvalue weighted by molar-refractivity contribution is 6.30. The molecule has 3 fully saturated rings. The van der Waals surface area contributed by atoms with E-state index >= 15 is 0 Å². The van der Waals surface area contributed by atoms with Gasteiger partial charge in [0.05, 0.1) is 19.1 Å². The highest BCUT2D eigenvalue weighted by Gasteiger charge is 2.38. The molecule has 0 radical (unpaired) electrons. The van der Waals surface area contributed by atoms with Crippen LogP contribution >= 0.6 is 11.6 Å². The molecule has 3 saturated heterocycles. The van der Waals surface area contributed by atoms with Crippen LogP contribution in [0.1, 0.15) is 74.3 Å². The normalized spacial score (nSPS) is 22.7. The van der Waals surface area contributed by atoms with Crippen molar-refractivity contribution in [3.05, 3.63) is 82.9 Å². The van der Waals surface area contributed by atoms with Gasteiger partial charge < -0.3 is 30.7 Å². The average molecular weight is 768 g/mol. The van der Waals surface area contributed by atoms with Gasteiger partial charge in [-0.25, -0.2) is 0 Å². The molecule has 11 heteroatoms. The van der Waals surface area contributed by atoms with Gasteiger partial charge in [0.25, 0.3) is 5.91 Å². The maximum absolute atomic E-state index is 13.1. The molecular weight excluding hydrogens is 710 g/mol. The molecule has 3 unspecified atom stereocenters. The van der Waals surface area contributed by atoms with Gasteiger partial charge >= 0.3 is 0 Å². The number of carbonyl (C=O) groups is 3. The lowest BCUT2D eigenvalue weighted by Crippen LogP contribution is -2.50. The summed E-state index contributed by atoms with van der Waals surface area (Å²) in [6, 6.07) is 23.1. The summed E-state index contributed by atoms with van der Waals surface area (Å²) in [6.07, 6.45) is 6.55. The predicted octanol–water partition coefficient (Wildman–Crippen LogP) is 6.28. The summed E-state index contributed by atoms with van der Waals surface area (Å²) in [5.41, 5.74) is 6.78. The number of carbonyl (C=O) groups excluding carboxylic acids is 3. The standard InChI is InChI=1S/C44H58ClN7O3/c1-31-14-20-52(29-31)42(54)28-47-41(53)30-51-23-17-44(18-24-51)15-21-50(22-16-44)25-19-46-43(55)34-6-4-33(5-7-34)35-8-13-40-38(27-35)39(26-32(2)49(40)3)48-37-11-9-36(45)10-12-37/h4-13,27,31-32,39,48H,14-26,28-30H2,1-3H3,(H,46,55)(H,47,53). The van der Waals surface area contributed by atoms with Crippen molar-refractivity contribution >= 4 is 40.7 Å². The molecule has 4 aliphatic heterocycles. The predicted molar refractivity (Wildman–Crippen MR) is 222 cm³/mol. The van der Waals surface area contributed by atoms with Crippen LogP contribution in [0, 0.1) is 11.3 Å². The largest absolute Gasteiger partial charge is 0.378 e. The van der Waals surface area contributed by atoms with Crippen LogP contribution in [0.15, 0.2) is 66.7 Å². The number of halogens is 1. The van der Waals surface area contributed by atoms with E-state index in [1.54, 1.807) is 0 Å². The van der Waals surface area contributed by atoms with E-state index < -0.39 is 0 Å². The van der Waals surface area contributed by atoms with Crippen LogP contribution < -0.4 is 20.9 Å². The first-order chi connectivity index (χ1) is 26.5. The van der Waals surface area contributed by atoms with Crippen molar-refractivity contribution in [2.75, 3.05) is 82.7 Å². The van der Waals surface area contributed by atoms with Crippen LogP contribution in [-0.2, 0) is 9.59 Å². The fourth-order valence-corrected chi connectivity index (χ4v) is 9.09. The smallest absolute Gasteiger partial charge is 0.251 e. The fourth-order valence-electron chi connectivity index (χ4n) is 8.97. The minimum Gasteiger partial charge on any atom is -0.378 e. The Kier molecular flexibility index (Phi) is 12.3. The summed E-state index contributed by atoms with van der Waals surface area (Å²) in [5.74, 6) is 0.472. The van der Waals surface area contributed by atoms with Gasteiger partial charge in [0.15, 0.2) is 0 Å². The Morgan fingerprint density at radius 1 is 0.818 bits per heavy atom. The molecule has 4 heterocycles. The Bertz CT molecular complexity index is 1800. The Morgan fingerprint density at radius 2 is 1.49 bits per heavy atom. The highest BCUT2D eigenvalue weighted by Crippen LogP contribution is 2.42. The van der Waals surface area contributed by atoms with E-state index in [-0.39, 0.29) is 30.3 Å². The molecule has 7 rings (SSSR count). The molecule has 3 aromatic carbocycles. The van der Waals surface area contributed by atoms with Crippen molar-refractivity contribution in [2.24, 2.45) is 11.3 Å². The van der Waals surface area contributed by atoms with Gasteiger partial charge in [-0.15, -0.1) is 0 Å². The lowest BCUT2D eigenvalue weighted by atomic mass is 9.71. The molecule has 1 spiro atoms. The van der Waals surface area contributed by atoms with Crippen LogP contribution in [0.3, 0.4) is 0 Å². The maximum atomic E-state index is 13.1. The van der Waals surface area contributed by atoms with Crippen LogP contribution in [0.25, 0.3) is 11.1 Å². The van der Waals surface area contributed by atoms with Gasteiger partial charge in [-0.05, 0) is 148 Å². The van der Waals surface area contributed by atoms with Gasteiger partial charge in [-0.2, -0.15) is 0 Å². The number of nitrogens with one attached hydrogen (secondary N) is 3. The SMILES string of the molecule is CC1CCN(C(=O)CNC(=O)CN2CCC3(CCN(CCNC(=O)c4ccc(-c5ccc6c(c5)C(Nc5ccc(Cl)cc5)CC(C)N6C)cc4)CC3)CC2)C1. The number of likely N-dealkylation sites (tertiary alicyclic amines) is 3. The molecule has 0 aromatic heterocycles. The first-order valence-electron chi connectivity index (χ1n) is 20.3. The first-order valence-corrected chi connectivity index (χ1v) is 20.7. The van der Waals surface area contributed by atoms with Gasteiger partial charge in [0.1, 0.15) is 0 Å². The molecule has 10 nitrogen and oxygen atoms in total. The van der Waals surface area contributed by atoms with Crippen molar-refractivity contribution < 1.29 is 14.4 Å². The molecular formula is C44H58ClN7O3. The molecule has 0 saturated carbocycles. The molecule has 0 aliphatic carbocycles. The number of fused-ring (bicyclic) bond motifs is 1. The van der Waals surface area contributed by atoms with Crippen LogP contribution in [0.2, 0.25) is 5.02 Å². The number of amides is 3. The number of piperidine rings is 2. The zero-order valence-corrected chi connectivity index (χ0v) is 33.5. The van der Waals surface area contributed by atoms with Gasteiger partial charge in [-0.3, -0.25) is 19.3 Å². The van der Waals surface area contributed by atoms with Gasteiger partial charge in [0.2, 0.25) is 11.8 Å². The van der Waals surface area contributed by atoms with Crippen LogP contribution in [0.4, 0.5) is 11.4 Å². The Labute approximate surface area is 331 Å². The number of anilines is 2. The number of hydrogen-bond donors (Lipinski definition) is 3. The van der Waals surface area contributed by atoms with Crippen molar-refractivity contribution in [1.82, 2.24) is 25.3 Å². The van der Waals surface area contributed by atoms with Crippen LogP contribution in [0.5, 0.6) is 0 Å². The molecule has 3 amide bonds. The second-order valence-electron chi connectivity index (χ2n) is 16.6. The average Bonchev–Trinajstić information content (AvgIpc) is 3.64. The number of benzene rings is 3. The molecule has 55 heavy (non-hydrogen) atoms. The second kappa shape index (κ2) is 17.3. The zero-order valence-electron chi connectivity index (χ0n) is 32.8. The number of rotatable bonds is 11. The van der Waals surface area contributed by atoms with Crippen LogP contribution in [-0.4, -0.2) is 111 Å². The van der Waals surface area contributed by atoms with Crippen molar-refractivity contribution in [3.8, 4) is 11.1 Å². The molecule has 3 atom stereocenters. The lowest BCUT2D eigenvalue weighted by Gasteiger charge is -2.46. The quantitative estimate of drug-likeness (QED) is 0.211. The van der Waals surface area contributed by atoms with E-state index in [9.17, 15) is 14.4 Å². The summed E-state index contributed by atoms with van der Waals surface area (Å²) in [4.78, 5) is 47.0. The molecule has 294 valence electrons. The van der Waals surface area contributed by atoms with Crippen molar-refractivity contribution in [3.63, 3.8) is 0 Å². The third kappa shape index (κ3) is 9.65. The molecule has 3 N–H and O–H groups in total. The second-order valence-corrected chi connectivity index (χ2v) is 17.1. The van der Waals surface area contributed by atoms with Gasteiger partial charge in [0, 0.05) is 61.2 Å². The summed E-state index contributed by atoms with van der Waals surface area (Å²) in [7, 11) is 2.16. The van der Waals surface area contributed by atoms with E-state index in [1.807, 2.05) is 53.4 Å². The monoisotopic (exact) mass is 767 g/mol. The van der Waals surface area contributed by atoms with Crippen molar-refractivity contribution in [2.45, 2.75) is 64.5 Å². The number of hydrogen-bond acceptors (Lipinski definition) is 7. The summed E-state index contributed by atoms with van der Waals surface area (Å²) in [5, 5.41) is 10.5. The summed E-state index contributed by atoms with van der Waals surface area (Å²) < 4.78 is 0. The highest BCUT2D eigenvalue weighted by atomic mass is 35.5. The fraction of sp³-hybridized carbons (Fsp3) is 0.523. The maximum Gasteiger partial charge on any atom is 0.251 e. The topological polar surface area (TPSA) is 100 Å². The molecule has 0 bridgehead atoms. The summed E-state index contributed by atoms with van der Waals surface area (Å²) >= 11 is 6.14. The Balaban J connectivity index is 0.832. The van der Waals surface area contributed by atoms with E-state index in [1.165, 1.54) is 11.3 Å². The van der Waals surface area contributed by atoms with E-state index in [0.29, 0.717) is 36.0 Å². The Morgan fingerprint density at radius 3 is 2.16 bits per heavy atom. The Hall–Kier alpha value is -4.12. The molecule has 4 aliphatic rings. The van der Waals surface area contributed by atoms with Gasteiger partial charge in [-0.1, -0.05) is 36.7 Å². The lowest BCUT2D eigenvalue weighted by molar-refractivity contribution is -0.132. The molecule has 3 aromatic rings. The minimum absolute atomic E-state index is 0.0268. The third-order valence-corrected chi connectivity index (χ3v) is 13.1. The summed E-state index contributed by atoms with van der Waals surface area (Å²) in [6.45, 7) is 11.9.